The molecule has 0 aromatic heterocycles. The first kappa shape index (κ1) is 25.7. The van der Waals surface area contributed by atoms with E-state index in [4.69, 9.17) is 0 Å². The van der Waals surface area contributed by atoms with Crippen LogP contribution in [0, 0.1) is 11.8 Å². The number of carbonyl (C=O) groups is 4. The predicted molar refractivity (Wildman–Crippen MR) is 141 cm³/mol. The van der Waals surface area contributed by atoms with E-state index in [0.29, 0.717) is 24.1 Å². The summed E-state index contributed by atoms with van der Waals surface area (Å²) in [5, 5.41) is 27.3. The maximum Gasteiger partial charge on any atom is 0.264 e. The minimum Gasteiger partial charge on any atom is -0.389 e. The van der Waals surface area contributed by atoms with Crippen molar-refractivity contribution in [3.05, 3.63) is 59.7 Å². The van der Waals surface area contributed by atoms with Gasteiger partial charge in [-0.1, -0.05) is 48.5 Å². The van der Waals surface area contributed by atoms with Crippen LogP contribution >= 0.6 is 0 Å². The van der Waals surface area contributed by atoms with E-state index < -0.39 is 47.8 Å². The van der Waals surface area contributed by atoms with Gasteiger partial charge in [-0.3, -0.25) is 19.2 Å². The molecule has 0 spiro atoms. The number of fused-ring (bicyclic) bond motifs is 6. The first-order valence-corrected chi connectivity index (χ1v) is 13.8. The summed E-state index contributed by atoms with van der Waals surface area (Å²) in [5.74, 6) is -2.30. The van der Waals surface area contributed by atoms with Crippen molar-refractivity contribution in [1.29, 1.82) is 0 Å². The maximum absolute atomic E-state index is 14.5. The van der Waals surface area contributed by atoms with Crippen LogP contribution in [0.1, 0.15) is 49.7 Å². The summed E-state index contributed by atoms with van der Waals surface area (Å²) in [6.07, 6.45) is 3.65. The lowest BCUT2D eigenvalue weighted by Gasteiger charge is -2.52. The summed E-state index contributed by atoms with van der Waals surface area (Å²) in [6, 6.07) is 12.5. The molecule has 9 heteroatoms. The summed E-state index contributed by atoms with van der Waals surface area (Å²) in [6.45, 7) is -0.250. The summed E-state index contributed by atoms with van der Waals surface area (Å²) in [5.41, 5.74) is 0.631. The standard InChI is InChI=1S/C30H33N3O6/c34-16-25(35)24(15-18-13-14-31-27(18)36)32-28(37)26-17-9-11-19(12-10-17)33(26)29(38)30(39)22-7-3-1-5-20(22)21-6-2-4-8-23(21)30/h1-8,17-19,24,26,34,39H,9-16H2,(H,31,36)(H,32,37). The van der Waals surface area contributed by atoms with Gasteiger partial charge in [-0.2, -0.15) is 0 Å². The highest BCUT2D eigenvalue weighted by atomic mass is 16.3. The molecule has 3 atom stereocenters. The number of amides is 3. The molecular weight excluding hydrogens is 498 g/mol. The van der Waals surface area contributed by atoms with Crippen molar-refractivity contribution >= 4 is 23.5 Å². The number of aliphatic hydroxyl groups excluding tert-OH is 1. The zero-order valence-corrected chi connectivity index (χ0v) is 21.6. The van der Waals surface area contributed by atoms with Gasteiger partial charge in [0.15, 0.2) is 11.4 Å². The van der Waals surface area contributed by atoms with Crippen molar-refractivity contribution in [3.8, 4) is 11.1 Å². The van der Waals surface area contributed by atoms with Crippen molar-refractivity contribution in [2.75, 3.05) is 13.2 Å². The van der Waals surface area contributed by atoms with Gasteiger partial charge in [-0.05, 0) is 55.6 Å². The second-order valence-electron chi connectivity index (χ2n) is 11.2. The fraction of sp³-hybridized carbons (Fsp3) is 0.467. The van der Waals surface area contributed by atoms with Crippen LogP contribution < -0.4 is 10.6 Å². The Morgan fingerprint density at radius 1 is 0.974 bits per heavy atom. The van der Waals surface area contributed by atoms with Crippen LogP contribution in [0.2, 0.25) is 0 Å². The molecule has 1 saturated carbocycles. The first-order chi connectivity index (χ1) is 18.8. The van der Waals surface area contributed by atoms with Crippen LogP contribution in [0.25, 0.3) is 11.1 Å². The van der Waals surface area contributed by atoms with E-state index >= 15 is 0 Å². The van der Waals surface area contributed by atoms with Gasteiger partial charge in [0.2, 0.25) is 11.8 Å². The second kappa shape index (κ2) is 9.88. The lowest BCUT2D eigenvalue weighted by molar-refractivity contribution is -0.166. The van der Waals surface area contributed by atoms with E-state index in [1.807, 2.05) is 24.3 Å². The van der Waals surface area contributed by atoms with Crippen molar-refractivity contribution in [2.24, 2.45) is 11.8 Å². The van der Waals surface area contributed by atoms with Crippen molar-refractivity contribution in [2.45, 2.75) is 62.3 Å². The molecule has 9 nitrogen and oxygen atoms in total. The second-order valence-corrected chi connectivity index (χ2v) is 11.2. The Kier molecular flexibility index (Phi) is 6.51. The van der Waals surface area contributed by atoms with Crippen molar-refractivity contribution in [1.82, 2.24) is 15.5 Å². The quantitative estimate of drug-likeness (QED) is 0.425. The molecule has 2 aliphatic carbocycles. The number of nitrogens with one attached hydrogen (secondary N) is 2. The molecule has 0 radical (unpaired) electrons. The normalized spacial score (nSPS) is 26.9. The summed E-state index contributed by atoms with van der Waals surface area (Å²) in [4.78, 5) is 54.7. The predicted octanol–water partition coefficient (Wildman–Crippen LogP) is 1.24. The molecule has 2 aromatic carbocycles. The fourth-order valence-electron chi connectivity index (χ4n) is 7.20. The molecule has 2 aromatic rings. The monoisotopic (exact) mass is 531 g/mol. The van der Waals surface area contributed by atoms with Gasteiger partial charge in [0.05, 0.1) is 6.04 Å². The Hall–Kier alpha value is -3.56. The lowest BCUT2D eigenvalue weighted by Crippen LogP contribution is -2.66. The Balaban J connectivity index is 1.33. The number of Topliss-reactive ketones (excluding diaryl/α,β-unsaturated/α-hetero) is 1. The van der Waals surface area contributed by atoms with Crippen LogP contribution in [0.5, 0.6) is 0 Å². The number of benzene rings is 2. The highest BCUT2D eigenvalue weighted by molar-refractivity contribution is 6.01. The van der Waals surface area contributed by atoms with E-state index in [2.05, 4.69) is 10.6 Å². The summed E-state index contributed by atoms with van der Waals surface area (Å²) in [7, 11) is 0. The molecule has 3 unspecified atom stereocenters. The SMILES string of the molecule is O=C1NCCC1CC(NC(=O)C1C2CCC(CC2)N1C(=O)C1(O)c2ccccc2-c2ccccc21)C(=O)CO. The third-order valence-electron chi connectivity index (χ3n) is 9.16. The topological polar surface area (TPSA) is 136 Å². The van der Waals surface area contributed by atoms with E-state index in [1.165, 1.54) is 0 Å². The van der Waals surface area contributed by atoms with Crippen LogP contribution in [0.4, 0.5) is 0 Å². The molecule has 4 fully saturated rings. The number of ketones is 1. The van der Waals surface area contributed by atoms with Gasteiger partial charge in [0, 0.05) is 29.6 Å². The zero-order valence-electron chi connectivity index (χ0n) is 21.6. The lowest BCUT2D eigenvalue weighted by atomic mass is 9.73. The Bertz CT molecular complexity index is 1290. The molecule has 4 N–H and O–H groups in total. The molecular formula is C30H33N3O6. The highest BCUT2D eigenvalue weighted by Gasteiger charge is 2.56. The number of hydrogen-bond acceptors (Lipinski definition) is 6. The Morgan fingerprint density at radius 2 is 1.59 bits per heavy atom. The highest BCUT2D eigenvalue weighted by Crippen LogP contribution is 2.50. The van der Waals surface area contributed by atoms with Crippen LogP contribution in [0.15, 0.2) is 48.5 Å². The van der Waals surface area contributed by atoms with E-state index in [9.17, 15) is 29.4 Å². The van der Waals surface area contributed by atoms with Crippen LogP contribution in [0.3, 0.4) is 0 Å². The molecule has 7 rings (SSSR count). The molecule has 3 aliphatic heterocycles. The molecule has 2 bridgehead atoms. The number of carbonyl (C=O) groups excluding carboxylic acids is 4. The average molecular weight is 532 g/mol. The zero-order chi connectivity index (χ0) is 27.3. The Morgan fingerprint density at radius 3 is 2.15 bits per heavy atom. The van der Waals surface area contributed by atoms with Gasteiger partial charge < -0.3 is 25.7 Å². The molecule has 3 heterocycles. The number of rotatable bonds is 7. The van der Waals surface area contributed by atoms with Crippen molar-refractivity contribution in [3.63, 3.8) is 0 Å². The average Bonchev–Trinajstić information content (AvgIpc) is 3.50. The van der Waals surface area contributed by atoms with E-state index in [1.54, 1.807) is 29.2 Å². The third kappa shape index (κ3) is 4.06. The van der Waals surface area contributed by atoms with Crippen molar-refractivity contribution < 1.29 is 29.4 Å². The van der Waals surface area contributed by atoms with E-state index in [0.717, 1.165) is 36.8 Å². The molecule has 204 valence electrons. The summed E-state index contributed by atoms with van der Waals surface area (Å²) < 4.78 is 0. The minimum atomic E-state index is -1.94. The number of nitrogens with zero attached hydrogens (tertiary/aromatic N) is 1. The fourth-order valence-corrected chi connectivity index (χ4v) is 7.20. The molecule has 39 heavy (non-hydrogen) atoms. The van der Waals surface area contributed by atoms with E-state index in [-0.39, 0.29) is 24.3 Å². The van der Waals surface area contributed by atoms with Crippen LogP contribution in [-0.2, 0) is 24.8 Å². The largest absolute Gasteiger partial charge is 0.389 e. The first-order valence-electron chi connectivity index (χ1n) is 13.8. The van der Waals surface area contributed by atoms with Crippen LogP contribution in [-0.4, -0.2) is 69.9 Å². The maximum atomic E-state index is 14.5. The summed E-state index contributed by atoms with van der Waals surface area (Å²) >= 11 is 0. The smallest absolute Gasteiger partial charge is 0.264 e. The number of piperidine rings is 2. The van der Waals surface area contributed by atoms with Gasteiger partial charge >= 0.3 is 0 Å². The number of aliphatic hydroxyl groups is 2. The van der Waals surface area contributed by atoms with Gasteiger partial charge in [0.1, 0.15) is 12.6 Å². The molecule has 3 saturated heterocycles. The van der Waals surface area contributed by atoms with Gasteiger partial charge in [-0.15, -0.1) is 0 Å². The van der Waals surface area contributed by atoms with Gasteiger partial charge in [0.25, 0.3) is 5.91 Å². The molecule has 3 amide bonds. The van der Waals surface area contributed by atoms with Gasteiger partial charge in [-0.25, -0.2) is 0 Å². The third-order valence-corrected chi connectivity index (χ3v) is 9.16. The minimum absolute atomic E-state index is 0.0937. The molecule has 5 aliphatic rings. The number of hydrogen-bond donors (Lipinski definition) is 4. The Labute approximate surface area is 226 Å².